The fourth-order valence-electron chi connectivity index (χ4n) is 2.71. The monoisotopic (exact) mass is 488 g/mol. The van der Waals surface area contributed by atoms with Crippen molar-refractivity contribution in [3.8, 4) is 0 Å². The number of likely N-dealkylation sites (tertiary alicyclic amines) is 1. The lowest BCUT2D eigenvalue weighted by atomic mass is 10.0. The van der Waals surface area contributed by atoms with Crippen LogP contribution in [0.2, 0.25) is 0 Å². The van der Waals surface area contributed by atoms with E-state index in [1.165, 1.54) is 32.1 Å². The van der Waals surface area contributed by atoms with Crippen molar-refractivity contribution in [2.24, 2.45) is 4.99 Å². The average Bonchev–Trinajstić information content (AvgIpc) is 2.49. The molecule has 0 aliphatic carbocycles. The lowest BCUT2D eigenvalue weighted by Gasteiger charge is -2.33. The molecule has 150 valence electrons. The molecule has 1 rings (SSSR count). The van der Waals surface area contributed by atoms with Crippen LogP contribution in [0.25, 0.3) is 0 Å². The number of guanidine groups is 1. The average molecular weight is 488 g/mol. The van der Waals surface area contributed by atoms with E-state index in [-0.39, 0.29) is 30.5 Å². The molecule has 1 aliphatic rings. The first-order chi connectivity index (χ1) is 11.2. The van der Waals surface area contributed by atoms with Crippen LogP contribution in [0, 0.1) is 0 Å². The van der Waals surface area contributed by atoms with E-state index in [0.717, 1.165) is 26.1 Å². The zero-order chi connectivity index (χ0) is 18.2. The van der Waals surface area contributed by atoms with E-state index in [9.17, 15) is 8.42 Å². The van der Waals surface area contributed by atoms with Gasteiger partial charge in [0.05, 0.1) is 11.3 Å². The van der Waals surface area contributed by atoms with Gasteiger partial charge >= 0.3 is 0 Å². The maximum atomic E-state index is 11.8. The molecule has 1 fully saturated rings. The van der Waals surface area contributed by atoms with E-state index < -0.39 is 14.6 Å². The summed E-state index contributed by atoms with van der Waals surface area (Å²) in [5, 5.41) is 6.50. The predicted octanol–water partition coefficient (Wildman–Crippen LogP) is 2.25. The van der Waals surface area contributed by atoms with E-state index in [1.54, 1.807) is 13.8 Å². The van der Waals surface area contributed by atoms with E-state index in [4.69, 9.17) is 0 Å². The van der Waals surface area contributed by atoms with Gasteiger partial charge in [0, 0.05) is 31.9 Å². The highest BCUT2D eigenvalue weighted by molar-refractivity contribution is 14.0. The number of nitrogens with one attached hydrogen (secondary N) is 2. The minimum absolute atomic E-state index is 0. The topological polar surface area (TPSA) is 73.8 Å². The Morgan fingerprint density at radius 2 is 1.96 bits per heavy atom. The molecule has 0 bridgehead atoms. The van der Waals surface area contributed by atoms with Gasteiger partial charge in [0.15, 0.2) is 15.8 Å². The van der Waals surface area contributed by atoms with Crippen molar-refractivity contribution in [2.75, 3.05) is 39.0 Å². The third-order valence-corrected chi connectivity index (χ3v) is 6.96. The number of hydrogen-bond donors (Lipinski definition) is 2. The highest BCUT2D eigenvalue weighted by Crippen LogP contribution is 2.16. The second kappa shape index (κ2) is 11.6. The van der Waals surface area contributed by atoms with E-state index >= 15 is 0 Å². The fourth-order valence-corrected chi connectivity index (χ4v) is 3.01. The molecular weight excluding hydrogens is 451 g/mol. The lowest BCUT2D eigenvalue weighted by Crippen LogP contribution is -2.42. The van der Waals surface area contributed by atoms with Gasteiger partial charge in [-0.1, -0.05) is 6.42 Å². The number of halogens is 1. The number of nitrogens with zero attached hydrogens (tertiary/aromatic N) is 2. The minimum Gasteiger partial charge on any atom is -0.357 e. The van der Waals surface area contributed by atoms with Gasteiger partial charge in [0.25, 0.3) is 0 Å². The normalized spacial score (nSPS) is 20.0. The molecule has 1 saturated heterocycles. The van der Waals surface area contributed by atoms with Gasteiger partial charge in [-0.15, -0.1) is 24.0 Å². The first-order valence-corrected chi connectivity index (χ1v) is 11.0. The molecule has 2 N–H and O–H groups in total. The third kappa shape index (κ3) is 8.90. The molecule has 0 spiro atoms. The van der Waals surface area contributed by atoms with E-state index in [1.807, 2.05) is 6.92 Å². The van der Waals surface area contributed by atoms with Crippen molar-refractivity contribution in [1.82, 2.24) is 15.5 Å². The lowest BCUT2D eigenvalue weighted by molar-refractivity contribution is 0.159. The van der Waals surface area contributed by atoms with Gasteiger partial charge in [-0.2, -0.15) is 0 Å². The fraction of sp³-hybridized carbons (Fsp3) is 0.941. The Bertz CT molecular complexity index is 509. The number of hydrogen-bond acceptors (Lipinski definition) is 4. The summed E-state index contributed by atoms with van der Waals surface area (Å²) in [6.07, 6.45) is 6.29. The molecule has 6 nitrogen and oxygen atoms in total. The molecular formula is C17H37IN4O2S. The van der Waals surface area contributed by atoms with Crippen molar-refractivity contribution in [1.29, 1.82) is 0 Å². The van der Waals surface area contributed by atoms with Gasteiger partial charge < -0.3 is 15.5 Å². The number of sulfone groups is 1. The van der Waals surface area contributed by atoms with Crippen molar-refractivity contribution in [2.45, 2.75) is 64.2 Å². The van der Waals surface area contributed by atoms with E-state index in [0.29, 0.717) is 12.0 Å². The van der Waals surface area contributed by atoms with Gasteiger partial charge in [0.2, 0.25) is 0 Å². The first kappa shape index (κ1) is 24.9. The van der Waals surface area contributed by atoms with Crippen molar-refractivity contribution in [3.05, 3.63) is 0 Å². The molecule has 1 atom stereocenters. The molecule has 0 aromatic heterocycles. The summed E-state index contributed by atoms with van der Waals surface area (Å²) in [5.74, 6) is 0.695. The molecule has 25 heavy (non-hydrogen) atoms. The first-order valence-electron chi connectivity index (χ1n) is 9.13. The Kier molecular flexibility index (Phi) is 11.5. The van der Waals surface area contributed by atoms with Gasteiger partial charge in [0.1, 0.15) is 0 Å². The summed E-state index contributed by atoms with van der Waals surface area (Å²) in [7, 11) is -3.13. The Morgan fingerprint density at radius 1 is 1.28 bits per heavy atom. The summed E-state index contributed by atoms with van der Waals surface area (Å²) in [5.41, 5.74) is 0. The third-order valence-electron chi connectivity index (χ3n) is 4.82. The van der Waals surface area contributed by atoms with Gasteiger partial charge in [-0.05, 0) is 53.5 Å². The van der Waals surface area contributed by atoms with Crippen molar-refractivity contribution in [3.63, 3.8) is 0 Å². The minimum atomic E-state index is -3.13. The zero-order valence-electron chi connectivity index (χ0n) is 16.5. The molecule has 1 heterocycles. The summed E-state index contributed by atoms with van der Waals surface area (Å²) in [4.78, 5) is 7.01. The smallest absolute Gasteiger partial charge is 0.191 e. The summed E-state index contributed by atoms with van der Waals surface area (Å²) >= 11 is 0. The van der Waals surface area contributed by atoms with Crippen LogP contribution in [-0.4, -0.2) is 69.0 Å². The van der Waals surface area contributed by atoms with Gasteiger partial charge in [-0.3, -0.25) is 4.99 Å². The molecule has 0 amide bonds. The van der Waals surface area contributed by atoms with Crippen molar-refractivity contribution >= 4 is 39.8 Å². The highest BCUT2D eigenvalue weighted by atomic mass is 127. The molecule has 0 aromatic rings. The largest absolute Gasteiger partial charge is 0.357 e. The van der Waals surface area contributed by atoms with Gasteiger partial charge in [-0.25, -0.2) is 8.42 Å². The number of piperidine rings is 1. The summed E-state index contributed by atoms with van der Waals surface area (Å²) in [6, 6.07) is 0.691. The standard InChI is InChI=1S/C17H36N4O2S.HI/c1-6-18-16(20-14-17(3,4)24(5,22)23)19-11-9-13-21-12-8-7-10-15(21)2;/h15H,6-14H2,1-5H3,(H2,18,19,20);1H. The second-order valence-electron chi connectivity index (χ2n) is 7.39. The zero-order valence-corrected chi connectivity index (χ0v) is 19.6. The molecule has 8 heteroatoms. The summed E-state index contributed by atoms with van der Waals surface area (Å²) in [6.45, 7) is 11.9. The Morgan fingerprint density at radius 3 is 2.52 bits per heavy atom. The molecule has 0 saturated carbocycles. The quantitative estimate of drug-likeness (QED) is 0.237. The molecule has 1 aliphatic heterocycles. The molecule has 0 radical (unpaired) electrons. The Labute approximate surface area is 171 Å². The number of rotatable bonds is 8. The molecule has 1 unspecified atom stereocenters. The van der Waals surface area contributed by atoms with Crippen LogP contribution in [0.1, 0.15) is 53.4 Å². The highest BCUT2D eigenvalue weighted by Gasteiger charge is 2.29. The van der Waals surface area contributed by atoms with Crippen LogP contribution >= 0.6 is 24.0 Å². The Hall–Kier alpha value is -0.0900. The Balaban J connectivity index is 0.00000576. The van der Waals surface area contributed by atoms with E-state index in [2.05, 4.69) is 27.4 Å². The maximum Gasteiger partial charge on any atom is 0.191 e. The molecule has 0 aromatic carbocycles. The predicted molar refractivity (Wildman–Crippen MR) is 118 cm³/mol. The van der Waals surface area contributed by atoms with Crippen LogP contribution < -0.4 is 10.6 Å². The second-order valence-corrected chi connectivity index (χ2v) is 10.0. The SMILES string of the molecule is CCNC(=NCC(C)(C)S(C)(=O)=O)NCCCN1CCCCC1C.I. The maximum absolute atomic E-state index is 11.8. The van der Waals surface area contributed by atoms with Crippen LogP contribution in [-0.2, 0) is 9.84 Å². The van der Waals surface area contributed by atoms with Crippen LogP contribution in [0.5, 0.6) is 0 Å². The summed E-state index contributed by atoms with van der Waals surface area (Å²) < 4.78 is 22.7. The van der Waals surface area contributed by atoms with Crippen molar-refractivity contribution < 1.29 is 8.42 Å². The van der Waals surface area contributed by atoms with Crippen LogP contribution in [0.3, 0.4) is 0 Å². The number of aliphatic imine (C=N–C) groups is 1. The van der Waals surface area contributed by atoms with Crippen LogP contribution in [0.15, 0.2) is 4.99 Å². The van der Waals surface area contributed by atoms with Crippen LogP contribution in [0.4, 0.5) is 0 Å².